The van der Waals surface area contributed by atoms with Crippen LogP contribution in [0.5, 0.6) is 0 Å². The molecule has 0 amide bonds. The maximum absolute atomic E-state index is 13.3. The third kappa shape index (κ3) is 4.75. The van der Waals surface area contributed by atoms with Gasteiger partial charge in [-0.2, -0.15) is 0 Å². The maximum atomic E-state index is 13.3. The fourth-order valence-electron chi connectivity index (χ4n) is 7.84. The van der Waals surface area contributed by atoms with Crippen molar-refractivity contribution in [1.29, 1.82) is 0 Å². The smallest absolute Gasteiger partial charge is 0.341 e. The van der Waals surface area contributed by atoms with Gasteiger partial charge in [-0.25, -0.2) is 14.8 Å². The number of aromatic amines is 1. The number of nitrogens with two attached hydrogens (primary N) is 1. The molecular formula is C30H37N5O6. The van der Waals surface area contributed by atoms with Crippen molar-refractivity contribution in [3.05, 3.63) is 63.9 Å². The van der Waals surface area contributed by atoms with Crippen LogP contribution in [0.15, 0.2) is 52.8 Å². The van der Waals surface area contributed by atoms with E-state index in [9.17, 15) is 19.8 Å². The number of aliphatic hydroxyl groups excluding tert-OH is 2. The van der Waals surface area contributed by atoms with Crippen molar-refractivity contribution in [1.82, 2.24) is 15.0 Å². The molecule has 218 valence electrons. The molecule has 6 N–H and O–H groups in total. The molecule has 2 aromatic heterocycles. The number of aliphatic hydroxyl groups is 2. The van der Waals surface area contributed by atoms with Gasteiger partial charge in [-0.15, -0.1) is 0 Å². The van der Waals surface area contributed by atoms with Crippen LogP contribution in [-0.4, -0.2) is 62.1 Å². The van der Waals surface area contributed by atoms with Crippen LogP contribution in [0.3, 0.4) is 0 Å². The molecule has 11 heteroatoms. The predicted molar refractivity (Wildman–Crippen MR) is 151 cm³/mol. The van der Waals surface area contributed by atoms with Gasteiger partial charge in [-0.05, 0) is 73.6 Å². The molecule has 1 spiro atoms. The number of hydrogen-bond acceptors (Lipinski definition) is 10. The van der Waals surface area contributed by atoms with E-state index >= 15 is 0 Å². The number of nitrogen functional groups attached to an aromatic ring is 1. The molecule has 6 rings (SSSR count). The monoisotopic (exact) mass is 563 g/mol. The van der Waals surface area contributed by atoms with Gasteiger partial charge in [0.05, 0.1) is 42.1 Å². The Morgan fingerprint density at radius 1 is 1.24 bits per heavy atom. The molecule has 2 aliphatic heterocycles. The zero-order valence-corrected chi connectivity index (χ0v) is 23.3. The van der Waals surface area contributed by atoms with Crippen LogP contribution in [0.2, 0.25) is 0 Å². The fourth-order valence-corrected chi connectivity index (χ4v) is 7.84. The van der Waals surface area contributed by atoms with Gasteiger partial charge in [0.15, 0.2) is 5.95 Å². The van der Waals surface area contributed by atoms with E-state index in [1.54, 1.807) is 12.3 Å². The van der Waals surface area contributed by atoms with E-state index in [2.05, 4.69) is 27.2 Å². The molecule has 4 unspecified atom stereocenters. The molecule has 2 saturated carbocycles. The van der Waals surface area contributed by atoms with Crippen molar-refractivity contribution in [2.45, 2.75) is 63.7 Å². The summed E-state index contributed by atoms with van der Waals surface area (Å²) in [6, 6.07) is 5.07. The number of rotatable bonds is 7. The van der Waals surface area contributed by atoms with Crippen molar-refractivity contribution in [3.63, 3.8) is 0 Å². The van der Waals surface area contributed by atoms with E-state index in [-0.39, 0.29) is 46.7 Å². The lowest BCUT2D eigenvalue weighted by Gasteiger charge is -2.61. The normalized spacial score (nSPS) is 36.0. The molecule has 2 aromatic rings. The lowest BCUT2D eigenvalue weighted by Crippen LogP contribution is -2.61. The highest BCUT2D eigenvalue weighted by Crippen LogP contribution is 2.66. The summed E-state index contributed by atoms with van der Waals surface area (Å²) in [7, 11) is 0. The molecule has 7 atom stereocenters. The highest BCUT2D eigenvalue weighted by molar-refractivity contribution is 5.95. The first-order valence-corrected chi connectivity index (χ1v) is 14.2. The Morgan fingerprint density at radius 3 is 2.73 bits per heavy atom. The number of pyridine rings is 1. The van der Waals surface area contributed by atoms with Crippen LogP contribution in [0.25, 0.3) is 6.08 Å². The third-order valence-electron chi connectivity index (χ3n) is 10.2. The summed E-state index contributed by atoms with van der Waals surface area (Å²) in [6.07, 6.45) is 9.20. The highest BCUT2D eigenvalue weighted by atomic mass is 16.6. The zero-order valence-electron chi connectivity index (χ0n) is 23.3. The second-order valence-corrected chi connectivity index (χ2v) is 12.5. The van der Waals surface area contributed by atoms with Crippen molar-refractivity contribution >= 4 is 23.8 Å². The number of anilines is 2. The summed E-state index contributed by atoms with van der Waals surface area (Å²) >= 11 is 0. The number of hydrogen-bond donors (Lipinski definition) is 5. The Hall–Kier alpha value is -3.54. The van der Waals surface area contributed by atoms with Crippen LogP contribution in [-0.2, 0) is 14.3 Å². The van der Waals surface area contributed by atoms with Crippen molar-refractivity contribution in [2.75, 3.05) is 24.3 Å². The van der Waals surface area contributed by atoms with Crippen molar-refractivity contribution in [3.8, 4) is 0 Å². The van der Waals surface area contributed by atoms with E-state index in [1.807, 2.05) is 25.1 Å². The summed E-state index contributed by atoms with van der Waals surface area (Å²) in [5, 5.41) is 24.9. The molecule has 4 heterocycles. The number of esters is 1. The average molecular weight is 564 g/mol. The molecule has 0 aromatic carbocycles. The standard InChI is InChI=1S/C30H37N5O6/c1-28-8-7-23(37)29(2,15-36)21(28)6-9-30(16-40-30)22(28)13-20(34-24-5-3-4-10-32-24)19-12-18(41-26(19)39)11-17-14-33-27(31)35-25(17)38/h3-5,10-12,14,20-23,36-37H,6-9,13,15-16H2,1-2H3,(H,32,34)(H3,31,33,35,38)/t20?,21?,22?,23-,28+,29+,30?/m1/s1. The molecule has 2 aliphatic carbocycles. The van der Waals surface area contributed by atoms with E-state index in [0.717, 1.165) is 19.3 Å². The lowest BCUT2D eigenvalue weighted by molar-refractivity contribution is -0.177. The Balaban J connectivity index is 1.37. The Morgan fingerprint density at radius 2 is 2.05 bits per heavy atom. The molecular weight excluding hydrogens is 526 g/mol. The third-order valence-corrected chi connectivity index (χ3v) is 10.2. The van der Waals surface area contributed by atoms with Crippen LogP contribution in [0, 0.1) is 22.7 Å². The minimum Gasteiger partial charge on any atom is -0.423 e. The Bertz CT molecular complexity index is 1450. The van der Waals surface area contributed by atoms with Gasteiger partial charge >= 0.3 is 5.97 Å². The molecule has 0 radical (unpaired) electrons. The number of nitrogens with one attached hydrogen (secondary N) is 2. The van der Waals surface area contributed by atoms with E-state index in [4.69, 9.17) is 15.2 Å². The Kier molecular flexibility index (Phi) is 6.79. The number of aromatic nitrogens is 3. The number of carbonyl (C=O) groups is 1. The molecule has 41 heavy (non-hydrogen) atoms. The summed E-state index contributed by atoms with van der Waals surface area (Å²) in [6.45, 7) is 4.81. The van der Waals surface area contributed by atoms with Gasteiger partial charge in [-0.3, -0.25) is 9.78 Å². The van der Waals surface area contributed by atoms with Gasteiger partial charge in [-0.1, -0.05) is 19.9 Å². The van der Waals surface area contributed by atoms with Crippen LogP contribution in [0.1, 0.15) is 51.5 Å². The first-order chi connectivity index (χ1) is 19.6. The average Bonchev–Trinajstić information content (AvgIpc) is 3.63. The molecule has 0 bridgehead atoms. The SMILES string of the molecule is C[C@]12CC[C@@H](O)[C@@](C)(CO)C1CCC1(CO1)C2CC(Nc1ccccn1)C1=CC(=Cc2cnc(N)[nH]c2=O)OC1=O. The van der Waals surface area contributed by atoms with Gasteiger partial charge < -0.3 is 30.7 Å². The van der Waals surface area contributed by atoms with Crippen LogP contribution < -0.4 is 16.6 Å². The van der Waals surface area contributed by atoms with E-state index in [0.29, 0.717) is 30.8 Å². The van der Waals surface area contributed by atoms with Gasteiger partial charge in [0.25, 0.3) is 5.56 Å². The van der Waals surface area contributed by atoms with Gasteiger partial charge in [0.2, 0.25) is 0 Å². The number of nitrogens with zero attached hydrogens (tertiary/aromatic N) is 2. The predicted octanol–water partition coefficient (Wildman–Crippen LogP) is 2.40. The topological polar surface area (TPSA) is 176 Å². The summed E-state index contributed by atoms with van der Waals surface area (Å²) < 4.78 is 11.8. The Labute approximate surface area is 237 Å². The van der Waals surface area contributed by atoms with Gasteiger partial charge in [0.1, 0.15) is 11.6 Å². The minimum absolute atomic E-state index is 0.000504. The molecule has 4 aliphatic rings. The van der Waals surface area contributed by atoms with E-state index in [1.165, 1.54) is 12.3 Å². The molecule has 3 fully saturated rings. The van der Waals surface area contributed by atoms with Crippen molar-refractivity contribution in [2.24, 2.45) is 22.7 Å². The quantitative estimate of drug-likeness (QED) is 0.248. The summed E-state index contributed by atoms with van der Waals surface area (Å²) in [4.78, 5) is 36.4. The van der Waals surface area contributed by atoms with Crippen LogP contribution in [0.4, 0.5) is 11.8 Å². The van der Waals surface area contributed by atoms with Crippen LogP contribution >= 0.6 is 0 Å². The number of fused-ring (bicyclic) bond motifs is 1. The minimum atomic E-state index is -0.618. The fraction of sp³-hybridized carbons (Fsp3) is 0.533. The first-order valence-electron chi connectivity index (χ1n) is 14.2. The number of H-pyrrole nitrogens is 1. The highest BCUT2D eigenvalue weighted by Gasteiger charge is 2.67. The number of epoxide rings is 1. The number of ether oxygens (including phenoxy) is 2. The first kappa shape index (κ1) is 27.6. The number of cyclic esters (lactones) is 1. The molecule has 11 nitrogen and oxygen atoms in total. The second kappa shape index (κ2) is 10.1. The largest absolute Gasteiger partial charge is 0.423 e. The van der Waals surface area contributed by atoms with Crippen molar-refractivity contribution < 1.29 is 24.5 Å². The van der Waals surface area contributed by atoms with Gasteiger partial charge in [0, 0.05) is 17.8 Å². The maximum Gasteiger partial charge on any atom is 0.341 e. The zero-order chi connectivity index (χ0) is 29.0. The number of carbonyl (C=O) groups excluding carboxylic acids is 1. The lowest BCUT2D eigenvalue weighted by atomic mass is 9.44. The summed E-state index contributed by atoms with van der Waals surface area (Å²) in [5.74, 6) is 0.466. The molecule has 1 saturated heterocycles. The summed E-state index contributed by atoms with van der Waals surface area (Å²) in [5.41, 5.74) is 4.60. The second-order valence-electron chi connectivity index (χ2n) is 12.5. The van der Waals surface area contributed by atoms with E-state index < -0.39 is 29.1 Å². The number of allylic oxidation sites excluding steroid dienone is 1.